The van der Waals surface area contributed by atoms with Crippen molar-refractivity contribution in [3.63, 3.8) is 0 Å². The molecule has 1 N–H and O–H groups in total. The number of rotatable bonds is 6. The van der Waals surface area contributed by atoms with Crippen molar-refractivity contribution in [3.05, 3.63) is 22.7 Å². The van der Waals surface area contributed by atoms with E-state index in [2.05, 4.69) is 15.5 Å². The monoisotopic (exact) mass is 295 g/mol. The average Bonchev–Trinajstić information content (AvgIpc) is 3.12. The number of amides is 1. The highest BCUT2D eigenvalue weighted by atomic mass is 32.1. The van der Waals surface area contributed by atoms with Crippen LogP contribution in [-0.2, 0) is 20.7 Å². The molecule has 0 atom stereocenters. The molecule has 20 heavy (non-hydrogen) atoms. The van der Waals surface area contributed by atoms with Crippen LogP contribution in [-0.4, -0.2) is 35.7 Å². The van der Waals surface area contributed by atoms with Crippen LogP contribution in [0.2, 0.25) is 0 Å². The Kier molecular flexibility index (Phi) is 4.83. The molecule has 0 aromatic carbocycles. The number of esters is 1. The molecule has 0 spiro atoms. The summed E-state index contributed by atoms with van der Waals surface area (Å²) in [6.07, 6.45) is 0.367. The number of carbonyl (C=O) groups excluding carboxylic acids is 2. The SMILES string of the molecule is CNC(=O)COC(=O)CCc1nc(-c2ccsc2)no1. The molecule has 0 radical (unpaired) electrons. The van der Waals surface area contributed by atoms with Gasteiger partial charge in [0.25, 0.3) is 5.91 Å². The van der Waals surface area contributed by atoms with Gasteiger partial charge in [-0.3, -0.25) is 9.59 Å². The smallest absolute Gasteiger partial charge is 0.306 e. The molecule has 0 saturated carbocycles. The highest BCUT2D eigenvalue weighted by Crippen LogP contribution is 2.18. The third-order valence-electron chi connectivity index (χ3n) is 2.43. The zero-order chi connectivity index (χ0) is 14.4. The summed E-state index contributed by atoms with van der Waals surface area (Å²) in [6.45, 7) is -0.278. The van der Waals surface area contributed by atoms with Crippen LogP contribution in [0.15, 0.2) is 21.3 Å². The van der Waals surface area contributed by atoms with E-state index in [1.807, 2.05) is 16.8 Å². The van der Waals surface area contributed by atoms with Gasteiger partial charge in [0.2, 0.25) is 11.7 Å². The molecule has 0 saturated heterocycles. The minimum atomic E-state index is -0.483. The molecule has 0 aliphatic carbocycles. The van der Waals surface area contributed by atoms with Crippen molar-refractivity contribution in [2.24, 2.45) is 0 Å². The fraction of sp³-hybridized carbons (Fsp3) is 0.333. The third-order valence-corrected chi connectivity index (χ3v) is 3.12. The van der Waals surface area contributed by atoms with E-state index in [-0.39, 0.29) is 25.4 Å². The van der Waals surface area contributed by atoms with Crippen LogP contribution < -0.4 is 5.32 Å². The predicted molar refractivity (Wildman–Crippen MR) is 71.0 cm³/mol. The number of thiophene rings is 1. The molecule has 2 heterocycles. The summed E-state index contributed by atoms with van der Waals surface area (Å²) in [5.74, 6) is 0.0304. The van der Waals surface area contributed by atoms with Crippen LogP contribution in [0.3, 0.4) is 0 Å². The molecule has 8 heteroatoms. The Bertz CT molecular complexity index is 579. The van der Waals surface area contributed by atoms with E-state index >= 15 is 0 Å². The quantitative estimate of drug-likeness (QED) is 0.800. The lowest BCUT2D eigenvalue weighted by Gasteiger charge is -2.01. The van der Waals surface area contributed by atoms with Gasteiger partial charge in [0.15, 0.2) is 6.61 Å². The summed E-state index contributed by atoms with van der Waals surface area (Å²) in [4.78, 5) is 26.5. The maximum Gasteiger partial charge on any atom is 0.306 e. The maximum atomic E-state index is 11.4. The summed E-state index contributed by atoms with van der Waals surface area (Å²) in [6, 6.07) is 1.89. The van der Waals surface area contributed by atoms with Crippen molar-refractivity contribution in [3.8, 4) is 11.4 Å². The second-order valence-corrected chi connectivity index (χ2v) is 4.64. The summed E-state index contributed by atoms with van der Waals surface area (Å²) >= 11 is 1.54. The number of hydrogen-bond donors (Lipinski definition) is 1. The van der Waals surface area contributed by atoms with Gasteiger partial charge in [-0.25, -0.2) is 0 Å². The second kappa shape index (κ2) is 6.80. The second-order valence-electron chi connectivity index (χ2n) is 3.86. The van der Waals surface area contributed by atoms with Gasteiger partial charge in [-0.2, -0.15) is 16.3 Å². The van der Waals surface area contributed by atoms with Gasteiger partial charge in [0.05, 0.1) is 6.42 Å². The molecule has 2 aromatic heterocycles. The van der Waals surface area contributed by atoms with E-state index < -0.39 is 5.97 Å². The Morgan fingerprint density at radius 3 is 3.05 bits per heavy atom. The van der Waals surface area contributed by atoms with Crippen molar-refractivity contribution >= 4 is 23.2 Å². The van der Waals surface area contributed by atoms with Gasteiger partial charge >= 0.3 is 5.97 Å². The van der Waals surface area contributed by atoms with Crippen LogP contribution in [0.5, 0.6) is 0 Å². The number of carbonyl (C=O) groups is 2. The van der Waals surface area contributed by atoms with E-state index in [1.54, 1.807) is 0 Å². The van der Waals surface area contributed by atoms with Crippen molar-refractivity contribution in [2.75, 3.05) is 13.7 Å². The zero-order valence-electron chi connectivity index (χ0n) is 10.8. The molecule has 0 fully saturated rings. The number of ether oxygens (including phenoxy) is 1. The molecule has 2 rings (SSSR count). The number of nitrogens with zero attached hydrogens (tertiary/aromatic N) is 2. The largest absolute Gasteiger partial charge is 0.456 e. The highest BCUT2D eigenvalue weighted by molar-refractivity contribution is 7.08. The lowest BCUT2D eigenvalue weighted by atomic mass is 10.3. The number of hydrogen-bond acceptors (Lipinski definition) is 7. The third kappa shape index (κ3) is 3.89. The standard InChI is InChI=1S/C12H13N3O4S/c1-13-9(16)6-18-11(17)3-2-10-14-12(15-19-10)8-4-5-20-7-8/h4-5,7H,2-3,6H2,1H3,(H,13,16). The minimum Gasteiger partial charge on any atom is -0.456 e. The van der Waals surface area contributed by atoms with Crippen LogP contribution in [0, 0.1) is 0 Å². The number of aromatic nitrogens is 2. The van der Waals surface area contributed by atoms with E-state index in [4.69, 9.17) is 9.26 Å². The van der Waals surface area contributed by atoms with E-state index in [0.717, 1.165) is 5.56 Å². The molecule has 0 aliphatic rings. The normalized spacial score (nSPS) is 10.2. The van der Waals surface area contributed by atoms with Crippen molar-refractivity contribution < 1.29 is 18.8 Å². The van der Waals surface area contributed by atoms with Gasteiger partial charge in [-0.1, -0.05) is 5.16 Å². The summed E-state index contributed by atoms with van der Waals surface area (Å²) < 4.78 is 9.80. The lowest BCUT2D eigenvalue weighted by Crippen LogP contribution is -2.25. The molecular formula is C12H13N3O4S. The minimum absolute atomic E-state index is 0.0856. The summed E-state index contributed by atoms with van der Waals surface area (Å²) in [5, 5.41) is 10.0. The van der Waals surface area contributed by atoms with E-state index in [9.17, 15) is 9.59 Å². The van der Waals surface area contributed by atoms with Gasteiger partial charge in [0.1, 0.15) is 0 Å². The Balaban J connectivity index is 1.80. The molecule has 0 aliphatic heterocycles. The van der Waals surface area contributed by atoms with Crippen molar-refractivity contribution in [2.45, 2.75) is 12.8 Å². The van der Waals surface area contributed by atoms with Crippen molar-refractivity contribution in [1.82, 2.24) is 15.5 Å². The van der Waals surface area contributed by atoms with E-state index in [0.29, 0.717) is 11.7 Å². The number of aryl methyl sites for hydroxylation is 1. The first-order valence-corrected chi connectivity index (χ1v) is 6.84. The van der Waals surface area contributed by atoms with Gasteiger partial charge in [-0.05, 0) is 11.4 Å². The van der Waals surface area contributed by atoms with Crippen molar-refractivity contribution in [1.29, 1.82) is 0 Å². The van der Waals surface area contributed by atoms with Crippen LogP contribution in [0.1, 0.15) is 12.3 Å². The zero-order valence-corrected chi connectivity index (χ0v) is 11.6. The van der Waals surface area contributed by atoms with Gasteiger partial charge in [0, 0.05) is 24.4 Å². The Hall–Kier alpha value is -2.22. The highest BCUT2D eigenvalue weighted by Gasteiger charge is 2.12. The first-order chi connectivity index (χ1) is 9.69. The summed E-state index contributed by atoms with van der Waals surface area (Å²) in [5.41, 5.74) is 0.882. The van der Waals surface area contributed by atoms with Crippen LogP contribution in [0.25, 0.3) is 11.4 Å². The van der Waals surface area contributed by atoms with Crippen LogP contribution in [0.4, 0.5) is 0 Å². The number of nitrogens with one attached hydrogen (secondary N) is 1. The fourth-order valence-corrected chi connectivity index (χ4v) is 2.00. The Morgan fingerprint density at radius 1 is 1.50 bits per heavy atom. The topological polar surface area (TPSA) is 94.3 Å². The molecule has 2 aromatic rings. The molecular weight excluding hydrogens is 282 g/mol. The fourth-order valence-electron chi connectivity index (χ4n) is 1.36. The molecule has 0 unspecified atom stereocenters. The maximum absolute atomic E-state index is 11.4. The summed E-state index contributed by atoms with van der Waals surface area (Å²) in [7, 11) is 1.47. The number of likely N-dealkylation sites (N-methyl/N-ethyl adjacent to an activating group) is 1. The molecule has 1 amide bonds. The van der Waals surface area contributed by atoms with Gasteiger partial charge < -0.3 is 14.6 Å². The van der Waals surface area contributed by atoms with Gasteiger partial charge in [-0.15, -0.1) is 0 Å². The molecule has 0 bridgehead atoms. The average molecular weight is 295 g/mol. The molecule has 7 nitrogen and oxygen atoms in total. The first kappa shape index (κ1) is 14.2. The Labute approximate surface area is 118 Å². The van der Waals surface area contributed by atoms with E-state index in [1.165, 1.54) is 18.4 Å². The predicted octanol–water partition coefficient (Wildman–Crippen LogP) is 1.02. The molecule has 106 valence electrons. The Morgan fingerprint density at radius 2 is 2.35 bits per heavy atom. The van der Waals surface area contributed by atoms with Crippen LogP contribution >= 0.6 is 11.3 Å². The first-order valence-electron chi connectivity index (χ1n) is 5.90. The lowest BCUT2D eigenvalue weighted by molar-refractivity contribution is -0.148.